The van der Waals surface area contributed by atoms with Gasteiger partial charge in [-0.3, -0.25) is 4.79 Å². The van der Waals surface area contributed by atoms with E-state index in [4.69, 9.17) is 14.6 Å². The zero-order valence-corrected chi connectivity index (χ0v) is 14.6. The van der Waals surface area contributed by atoms with Crippen LogP contribution in [0.3, 0.4) is 0 Å². The van der Waals surface area contributed by atoms with Crippen molar-refractivity contribution in [3.8, 4) is 11.5 Å². The second-order valence-corrected chi connectivity index (χ2v) is 5.60. The van der Waals surface area contributed by atoms with E-state index >= 15 is 0 Å². The number of hydrogen-bond acceptors (Lipinski definition) is 5. The molecule has 0 aliphatic carbocycles. The monoisotopic (exact) mass is 356 g/mol. The number of carbonyl (C=O) groups is 2. The lowest BCUT2D eigenvalue weighted by Crippen LogP contribution is -2.24. The predicted molar refractivity (Wildman–Crippen MR) is 96.7 cm³/mol. The van der Waals surface area contributed by atoms with Crippen LogP contribution in [-0.2, 0) is 9.59 Å². The minimum absolute atomic E-state index is 0.135. The average Bonchev–Trinajstić information content (AvgIpc) is 2.61. The molecular formula is C19H20N2O5. The van der Waals surface area contributed by atoms with Gasteiger partial charge in [0.1, 0.15) is 11.5 Å². The van der Waals surface area contributed by atoms with E-state index in [9.17, 15) is 9.59 Å². The van der Waals surface area contributed by atoms with Crippen molar-refractivity contribution < 1.29 is 24.2 Å². The van der Waals surface area contributed by atoms with Crippen LogP contribution >= 0.6 is 0 Å². The van der Waals surface area contributed by atoms with Crippen LogP contribution in [0.15, 0.2) is 47.6 Å². The number of carboxylic acid groups (broad SMARTS) is 1. The van der Waals surface area contributed by atoms with Crippen molar-refractivity contribution in [3.63, 3.8) is 0 Å². The first kappa shape index (κ1) is 19.0. The number of benzene rings is 2. The number of hydrazone groups is 1. The molecule has 2 N–H and O–H groups in total. The molecule has 26 heavy (non-hydrogen) atoms. The first-order chi connectivity index (χ1) is 12.4. The van der Waals surface area contributed by atoms with E-state index in [1.807, 2.05) is 32.0 Å². The van der Waals surface area contributed by atoms with E-state index < -0.39 is 12.6 Å². The zero-order chi connectivity index (χ0) is 18.9. The van der Waals surface area contributed by atoms with Crippen LogP contribution in [0.4, 0.5) is 0 Å². The van der Waals surface area contributed by atoms with Gasteiger partial charge >= 0.3 is 5.97 Å². The molecule has 2 aromatic rings. The number of aliphatic carboxylic acids is 1. The minimum Gasteiger partial charge on any atom is -0.483 e. The molecule has 1 amide bonds. The van der Waals surface area contributed by atoms with Crippen LogP contribution in [0, 0.1) is 13.8 Å². The van der Waals surface area contributed by atoms with Gasteiger partial charge in [0.25, 0.3) is 5.91 Å². The topological polar surface area (TPSA) is 97.2 Å². The second-order valence-electron chi connectivity index (χ2n) is 5.60. The molecule has 0 atom stereocenters. The molecule has 0 bridgehead atoms. The van der Waals surface area contributed by atoms with Gasteiger partial charge in [0.05, 0.1) is 6.21 Å². The van der Waals surface area contributed by atoms with Gasteiger partial charge in [-0.15, -0.1) is 0 Å². The Bertz CT molecular complexity index is 800. The van der Waals surface area contributed by atoms with Gasteiger partial charge in [0.2, 0.25) is 0 Å². The molecule has 0 saturated carbocycles. The van der Waals surface area contributed by atoms with E-state index in [2.05, 4.69) is 10.5 Å². The van der Waals surface area contributed by atoms with Gasteiger partial charge in [-0.05, 0) is 60.9 Å². The van der Waals surface area contributed by atoms with Crippen molar-refractivity contribution in [1.82, 2.24) is 5.43 Å². The normalized spacial score (nSPS) is 10.5. The van der Waals surface area contributed by atoms with Crippen LogP contribution < -0.4 is 14.9 Å². The molecule has 0 unspecified atom stereocenters. The minimum atomic E-state index is -1.04. The lowest BCUT2D eigenvalue weighted by Gasteiger charge is -2.08. The predicted octanol–water partition coefficient (Wildman–Crippen LogP) is 2.30. The Labute approximate surface area is 151 Å². The number of hydrogen-bond donors (Lipinski definition) is 2. The quantitative estimate of drug-likeness (QED) is 0.559. The maximum atomic E-state index is 11.8. The smallest absolute Gasteiger partial charge is 0.341 e. The lowest BCUT2D eigenvalue weighted by molar-refractivity contribution is -0.139. The highest BCUT2D eigenvalue weighted by molar-refractivity contribution is 5.83. The van der Waals surface area contributed by atoms with E-state index in [1.165, 1.54) is 6.21 Å². The maximum Gasteiger partial charge on any atom is 0.341 e. The number of nitrogens with zero attached hydrogens (tertiary/aromatic N) is 1. The summed E-state index contributed by atoms with van der Waals surface area (Å²) in [5, 5.41) is 12.4. The highest BCUT2D eigenvalue weighted by atomic mass is 16.5. The van der Waals surface area contributed by atoms with Crippen molar-refractivity contribution in [3.05, 3.63) is 59.2 Å². The molecule has 7 heteroatoms. The Morgan fingerprint density at radius 1 is 1.08 bits per heavy atom. The SMILES string of the molecule is Cc1ccc(C)c(OCC(=O)N/N=C/c2ccc(OCC(=O)O)cc2)c1. The number of carboxylic acids is 1. The van der Waals surface area contributed by atoms with Gasteiger partial charge in [0.15, 0.2) is 13.2 Å². The van der Waals surface area contributed by atoms with Crippen LogP contribution in [0.2, 0.25) is 0 Å². The molecule has 136 valence electrons. The number of nitrogens with one attached hydrogen (secondary N) is 1. The lowest BCUT2D eigenvalue weighted by atomic mass is 10.1. The van der Waals surface area contributed by atoms with Crippen LogP contribution in [-0.4, -0.2) is 36.4 Å². The molecule has 0 aliphatic rings. The maximum absolute atomic E-state index is 11.8. The van der Waals surface area contributed by atoms with Crippen LogP contribution in [0.25, 0.3) is 0 Å². The number of ether oxygens (including phenoxy) is 2. The fourth-order valence-electron chi connectivity index (χ4n) is 2.01. The van der Waals surface area contributed by atoms with E-state index in [0.29, 0.717) is 11.5 Å². The Morgan fingerprint density at radius 3 is 2.50 bits per heavy atom. The third-order valence-corrected chi connectivity index (χ3v) is 3.35. The summed E-state index contributed by atoms with van der Waals surface area (Å²) in [6.07, 6.45) is 1.47. The molecular weight excluding hydrogens is 336 g/mol. The summed E-state index contributed by atoms with van der Waals surface area (Å²) in [5.74, 6) is -0.304. The van der Waals surface area contributed by atoms with Gasteiger partial charge in [0, 0.05) is 0 Å². The highest BCUT2D eigenvalue weighted by Crippen LogP contribution is 2.18. The third-order valence-electron chi connectivity index (χ3n) is 3.35. The standard InChI is InChI=1S/C19H20N2O5/c1-13-3-4-14(2)17(9-13)26-11-18(22)21-20-10-15-5-7-16(8-6-15)25-12-19(23)24/h3-10H,11-12H2,1-2H3,(H,21,22)(H,23,24)/b20-10+. The number of aryl methyl sites for hydroxylation is 2. The molecule has 0 heterocycles. The van der Waals surface area contributed by atoms with Crippen molar-refractivity contribution in [1.29, 1.82) is 0 Å². The van der Waals surface area contributed by atoms with Crippen molar-refractivity contribution in [2.45, 2.75) is 13.8 Å². The number of carbonyl (C=O) groups excluding carboxylic acids is 1. The molecule has 0 radical (unpaired) electrons. The summed E-state index contributed by atoms with van der Waals surface area (Å²) in [4.78, 5) is 22.2. The average molecular weight is 356 g/mol. The summed E-state index contributed by atoms with van der Waals surface area (Å²) in [6.45, 7) is 3.33. The Hall–Kier alpha value is -3.35. The molecule has 0 saturated heterocycles. The molecule has 0 aromatic heterocycles. The fraction of sp³-hybridized carbons (Fsp3) is 0.211. The van der Waals surface area contributed by atoms with Gasteiger partial charge in [-0.2, -0.15) is 5.10 Å². The summed E-state index contributed by atoms with van der Waals surface area (Å²) in [6, 6.07) is 12.4. The number of rotatable bonds is 8. The fourth-order valence-corrected chi connectivity index (χ4v) is 2.01. The molecule has 0 fully saturated rings. The largest absolute Gasteiger partial charge is 0.483 e. The Kier molecular flexibility index (Phi) is 6.73. The van der Waals surface area contributed by atoms with E-state index in [1.54, 1.807) is 24.3 Å². The second kappa shape index (κ2) is 9.22. The molecule has 2 aromatic carbocycles. The first-order valence-electron chi connectivity index (χ1n) is 7.90. The summed E-state index contributed by atoms with van der Waals surface area (Å²) < 4.78 is 10.5. The van der Waals surface area contributed by atoms with Crippen molar-refractivity contribution >= 4 is 18.1 Å². The number of amides is 1. The highest BCUT2D eigenvalue weighted by Gasteiger charge is 2.04. The van der Waals surface area contributed by atoms with E-state index in [-0.39, 0.29) is 12.5 Å². The van der Waals surface area contributed by atoms with Crippen molar-refractivity contribution in [2.75, 3.05) is 13.2 Å². The summed E-state index contributed by atoms with van der Waals surface area (Å²) in [7, 11) is 0. The van der Waals surface area contributed by atoms with Gasteiger partial charge in [-0.25, -0.2) is 10.2 Å². The van der Waals surface area contributed by atoms with Gasteiger partial charge in [-0.1, -0.05) is 12.1 Å². The van der Waals surface area contributed by atoms with Crippen molar-refractivity contribution in [2.24, 2.45) is 5.10 Å². The van der Waals surface area contributed by atoms with Gasteiger partial charge < -0.3 is 14.6 Å². The molecule has 7 nitrogen and oxygen atoms in total. The van der Waals surface area contributed by atoms with Crippen LogP contribution in [0.1, 0.15) is 16.7 Å². The third kappa shape index (κ3) is 6.27. The zero-order valence-electron chi connectivity index (χ0n) is 14.6. The van der Waals surface area contributed by atoms with Crippen LogP contribution in [0.5, 0.6) is 11.5 Å². The van der Waals surface area contributed by atoms with E-state index in [0.717, 1.165) is 16.7 Å². The molecule has 2 rings (SSSR count). The Balaban J connectivity index is 1.79. The molecule has 0 aliphatic heterocycles. The first-order valence-corrected chi connectivity index (χ1v) is 7.90. The molecule has 0 spiro atoms. The Morgan fingerprint density at radius 2 is 1.81 bits per heavy atom. The summed E-state index contributed by atoms with van der Waals surface area (Å²) >= 11 is 0. The summed E-state index contributed by atoms with van der Waals surface area (Å²) in [5.41, 5.74) is 5.12.